The van der Waals surface area contributed by atoms with Crippen LogP contribution in [0, 0.1) is 0 Å². The first-order valence-electron chi connectivity index (χ1n) is 27.6. The summed E-state index contributed by atoms with van der Waals surface area (Å²) < 4.78 is 45.5. The summed E-state index contributed by atoms with van der Waals surface area (Å²) >= 11 is 5.51. The first kappa shape index (κ1) is 62.1. The third-order valence-electron chi connectivity index (χ3n) is 13.0. The molecule has 0 aliphatic carbocycles. The van der Waals surface area contributed by atoms with Gasteiger partial charge in [0.25, 0.3) is 0 Å². The quantitative estimate of drug-likeness (QED) is 0.0126. The van der Waals surface area contributed by atoms with Gasteiger partial charge in [-0.3, -0.25) is 14.4 Å². The van der Waals surface area contributed by atoms with Gasteiger partial charge in [0.2, 0.25) is 17.7 Å². The lowest BCUT2D eigenvalue weighted by Crippen LogP contribution is -2.47. The maximum atomic E-state index is 13.5. The van der Waals surface area contributed by atoms with Crippen LogP contribution < -0.4 is 36.6 Å². The number of phenolic OH excluding ortho intramolecular Hbond substituents is 2. The molecule has 9 N–H and O–H groups in total. The van der Waals surface area contributed by atoms with Crippen LogP contribution in [0.2, 0.25) is 0 Å². The Kier molecular flexibility index (Phi) is 23.5. The zero-order chi connectivity index (χ0) is 58.3. The Labute approximate surface area is 481 Å². The molecule has 4 aromatic carbocycles. The van der Waals surface area contributed by atoms with E-state index in [-0.39, 0.29) is 90.7 Å². The van der Waals surface area contributed by atoms with Crippen molar-refractivity contribution in [2.24, 2.45) is 0 Å². The van der Waals surface area contributed by atoms with Gasteiger partial charge in [-0.05, 0) is 113 Å². The largest absolute Gasteiger partial charge is 0.508 e. The van der Waals surface area contributed by atoms with Gasteiger partial charge in [0.15, 0.2) is 10.7 Å². The SMILES string of the molecule is CC(C)(C)OC(=O)NCCCC[C@@H](NC(=O)CCOCCNC(=S)Nc1ccc2c(c1)C(=O)OC21c2ccc(O)cc2Oc2cc(O)ccc21)C(=O)NCCOCCOCCOCCOCCNC(=O)CCCc1c[nH]c2ccccc12. The van der Waals surface area contributed by atoms with Gasteiger partial charge in [-0.2, -0.15) is 0 Å². The number of thiocarbonyl (C=S) groups is 1. The summed E-state index contributed by atoms with van der Waals surface area (Å²) in [6, 6.07) is 21.5. The van der Waals surface area contributed by atoms with Crippen molar-refractivity contribution in [2.75, 3.05) is 97.6 Å². The molecule has 1 aromatic heterocycles. The van der Waals surface area contributed by atoms with E-state index < -0.39 is 29.3 Å². The molecule has 0 unspecified atom stereocenters. The van der Waals surface area contributed by atoms with Crippen LogP contribution in [0.5, 0.6) is 23.0 Å². The molecule has 442 valence electrons. The minimum atomic E-state index is -1.39. The summed E-state index contributed by atoms with van der Waals surface area (Å²) in [6.45, 7) is 9.62. The lowest BCUT2D eigenvalue weighted by Gasteiger charge is -2.36. The first-order chi connectivity index (χ1) is 39.6. The smallest absolute Gasteiger partial charge is 0.407 e. The molecule has 5 aromatic rings. The Morgan fingerprint density at radius 3 is 1.94 bits per heavy atom. The van der Waals surface area contributed by atoms with E-state index in [1.165, 1.54) is 35.2 Å². The Morgan fingerprint density at radius 2 is 1.27 bits per heavy atom. The van der Waals surface area contributed by atoms with Gasteiger partial charge in [-0.15, -0.1) is 0 Å². The van der Waals surface area contributed by atoms with Crippen molar-refractivity contribution >= 4 is 63.7 Å². The van der Waals surface area contributed by atoms with Crippen molar-refractivity contribution in [3.63, 3.8) is 0 Å². The molecule has 1 atom stereocenters. The molecule has 82 heavy (non-hydrogen) atoms. The summed E-state index contributed by atoms with van der Waals surface area (Å²) in [5.41, 5.74) is 2.65. The third-order valence-corrected chi connectivity index (χ3v) is 13.3. The van der Waals surface area contributed by atoms with Crippen molar-refractivity contribution in [3.8, 4) is 23.0 Å². The number of alkyl carbamates (subject to hydrolysis) is 1. The van der Waals surface area contributed by atoms with Crippen LogP contribution in [0.4, 0.5) is 10.5 Å². The fourth-order valence-corrected chi connectivity index (χ4v) is 9.46. The number of carbonyl (C=O) groups is 5. The number of benzene rings is 4. The summed E-state index contributed by atoms with van der Waals surface area (Å²) in [6.07, 6.45) is 4.89. The maximum Gasteiger partial charge on any atom is 0.407 e. The molecule has 0 saturated carbocycles. The first-order valence-corrected chi connectivity index (χ1v) is 28.0. The molecule has 22 nitrogen and oxygen atoms in total. The fourth-order valence-electron chi connectivity index (χ4n) is 9.24. The number of phenols is 2. The zero-order valence-corrected chi connectivity index (χ0v) is 47.4. The van der Waals surface area contributed by atoms with Gasteiger partial charge in [-0.25, -0.2) is 9.59 Å². The van der Waals surface area contributed by atoms with Gasteiger partial charge >= 0.3 is 12.1 Å². The number of unbranched alkanes of at least 4 members (excludes halogenated alkanes) is 1. The second-order valence-corrected chi connectivity index (χ2v) is 20.8. The van der Waals surface area contributed by atoms with Gasteiger partial charge in [-0.1, -0.05) is 24.3 Å². The number of hydrogen-bond donors (Lipinski definition) is 9. The lowest BCUT2D eigenvalue weighted by molar-refractivity contribution is -0.129. The van der Waals surface area contributed by atoms with Crippen LogP contribution in [-0.2, 0) is 59.6 Å². The fraction of sp³-hybridized carbons (Fsp3) is 0.458. The number of aryl methyl sites for hydroxylation is 1. The standard InChI is InChI=1S/C59H75N7O15S/c1-58(2,3)81-57(73)63-21-7-6-12-49(54(71)61-23-27-76-30-32-78-34-33-77-31-29-75-26-22-60-52(69)13-8-9-39-38-64-48-11-5-4-10-43(39)48)66-53(70)20-25-74-28-24-62-56(82)65-40-14-17-45-44(35-40)55(72)80-59(45)46-18-15-41(67)36-50(46)79-51-37-42(68)16-19-47(51)59/h4-5,10-11,14-19,35-38,49,64,67-68H,6-9,12-13,20-34H2,1-3H3,(H,60,69)(H,61,71)(H,63,73)(H,66,70)(H2,62,65,82)/t49-/m1/s1. The van der Waals surface area contributed by atoms with Crippen LogP contribution in [0.25, 0.3) is 10.9 Å². The van der Waals surface area contributed by atoms with Crippen LogP contribution in [0.15, 0.2) is 85.1 Å². The molecule has 2 aliphatic heterocycles. The Balaban J connectivity index is 0.732. The molecule has 4 amide bonds. The van der Waals surface area contributed by atoms with Gasteiger partial charge in [0.05, 0.1) is 71.6 Å². The number of aromatic nitrogens is 1. The van der Waals surface area contributed by atoms with E-state index in [4.69, 9.17) is 50.1 Å². The Morgan fingerprint density at radius 1 is 0.659 bits per heavy atom. The molecule has 0 saturated heterocycles. The van der Waals surface area contributed by atoms with Gasteiger partial charge in [0.1, 0.15) is 34.6 Å². The Hall–Kier alpha value is -7.54. The van der Waals surface area contributed by atoms with E-state index in [0.29, 0.717) is 107 Å². The predicted molar refractivity (Wildman–Crippen MR) is 308 cm³/mol. The van der Waals surface area contributed by atoms with E-state index in [9.17, 15) is 34.2 Å². The zero-order valence-electron chi connectivity index (χ0n) is 46.6. The molecular formula is C59H75N7O15S. The molecule has 1 spiro atoms. The number of fused-ring (bicyclic) bond motifs is 7. The van der Waals surface area contributed by atoms with E-state index in [1.54, 1.807) is 51.1 Å². The molecule has 2 aliphatic rings. The topological polar surface area (TPSA) is 288 Å². The number of H-pyrrole nitrogens is 1. The molecule has 3 heterocycles. The summed E-state index contributed by atoms with van der Waals surface area (Å²) in [7, 11) is 0. The number of aromatic amines is 1. The molecule has 0 bridgehead atoms. The van der Waals surface area contributed by atoms with Gasteiger partial charge in [0, 0.05) is 90.6 Å². The third kappa shape index (κ3) is 18.5. The second-order valence-electron chi connectivity index (χ2n) is 20.4. The number of anilines is 1. The van der Waals surface area contributed by atoms with Crippen LogP contribution in [0.1, 0.15) is 91.9 Å². The van der Waals surface area contributed by atoms with E-state index in [1.807, 2.05) is 24.4 Å². The average molecular weight is 1150 g/mol. The van der Waals surface area contributed by atoms with Crippen molar-refractivity contribution in [3.05, 3.63) is 113 Å². The van der Waals surface area contributed by atoms with E-state index >= 15 is 0 Å². The lowest BCUT2D eigenvalue weighted by atomic mass is 9.77. The normalized spacial score (nSPS) is 13.2. The van der Waals surface area contributed by atoms with Crippen molar-refractivity contribution in [2.45, 2.75) is 83.0 Å². The number of hydrogen-bond acceptors (Lipinski definition) is 16. The Bertz CT molecular complexity index is 2910. The van der Waals surface area contributed by atoms with Crippen molar-refractivity contribution in [1.29, 1.82) is 0 Å². The molecule has 0 radical (unpaired) electrons. The number of amides is 4. The maximum absolute atomic E-state index is 13.5. The van der Waals surface area contributed by atoms with Crippen molar-refractivity contribution < 1.29 is 72.1 Å². The number of nitrogens with one attached hydrogen (secondary N) is 7. The number of carbonyl (C=O) groups excluding carboxylic acids is 5. The van der Waals surface area contributed by atoms with Crippen LogP contribution in [-0.4, -0.2) is 154 Å². The minimum absolute atomic E-state index is 0.00270. The number of para-hydroxylation sites is 1. The molecule has 0 fully saturated rings. The highest BCUT2D eigenvalue weighted by Gasteiger charge is 2.53. The average Bonchev–Trinajstić information content (AvgIpc) is 2.92. The second kappa shape index (κ2) is 31.0. The van der Waals surface area contributed by atoms with E-state index in [2.05, 4.69) is 43.0 Å². The van der Waals surface area contributed by atoms with Crippen molar-refractivity contribution in [1.82, 2.24) is 31.6 Å². The predicted octanol–water partition coefficient (Wildman–Crippen LogP) is 6.34. The minimum Gasteiger partial charge on any atom is -0.508 e. The molecule has 7 rings (SSSR count). The summed E-state index contributed by atoms with van der Waals surface area (Å²) in [5.74, 6) is -0.876. The number of aromatic hydroxyl groups is 2. The number of ether oxygens (including phenoxy) is 8. The monoisotopic (exact) mass is 1150 g/mol. The highest BCUT2D eigenvalue weighted by atomic mass is 32.1. The summed E-state index contributed by atoms with van der Waals surface area (Å²) in [5, 5.41) is 39.2. The number of rotatable bonds is 33. The van der Waals surface area contributed by atoms with Crippen LogP contribution >= 0.6 is 12.2 Å². The highest BCUT2D eigenvalue weighted by molar-refractivity contribution is 7.80. The summed E-state index contributed by atoms with van der Waals surface area (Å²) in [4.78, 5) is 67.4. The van der Waals surface area contributed by atoms with Crippen LogP contribution in [0.3, 0.4) is 0 Å². The van der Waals surface area contributed by atoms with Gasteiger partial charge < -0.3 is 85.0 Å². The number of esters is 1. The molecule has 23 heteroatoms. The highest BCUT2D eigenvalue weighted by Crippen LogP contribution is 2.57. The molecular weight excluding hydrogens is 1080 g/mol. The van der Waals surface area contributed by atoms with E-state index in [0.717, 1.165) is 18.4 Å².